The molecule has 30 heavy (non-hydrogen) atoms. The average molecular weight is 409 g/mol. The average Bonchev–Trinajstić information content (AvgIpc) is 2.75. The van der Waals surface area contributed by atoms with Crippen molar-refractivity contribution in [2.45, 2.75) is 25.8 Å². The third-order valence-corrected chi connectivity index (χ3v) is 5.04. The molecule has 0 aliphatic carbocycles. The molecule has 1 aliphatic rings. The monoisotopic (exact) mass is 409 g/mol. The molecule has 8 nitrogen and oxygen atoms in total. The summed E-state index contributed by atoms with van der Waals surface area (Å²) in [6, 6.07) is 15.6. The van der Waals surface area contributed by atoms with E-state index in [0.717, 1.165) is 12.8 Å². The maximum Gasteiger partial charge on any atom is 0.335 e. The summed E-state index contributed by atoms with van der Waals surface area (Å²) in [7, 11) is 1.48. The van der Waals surface area contributed by atoms with Gasteiger partial charge in [-0.2, -0.15) is 4.99 Å². The van der Waals surface area contributed by atoms with Gasteiger partial charge in [-0.15, -0.1) is 0 Å². The number of non-ortho nitro benzene ring substituents is 1. The second kappa shape index (κ2) is 9.21. The van der Waals surface area contributed by atoms with Crippen LogP contribution < -0.4 is 0 Å². The zero-order chi connectivity index (χ0) is 21.7. The van der Waals surface area contributed by atoms with E-state index in [1.54, 1.807) is 13.0 Å². The number of hydrogen-bond acceptors (Lipinski definition) is 6. The molecule has 0 aromatic heterocycles. The topological polar surface area (TPSA) is 105 Å². The van der Waals surface area contributed by atoms with Gasteiger partial charge in [-0.25, -0.2) is 4.79 Å². The summed E-state index contributed by atoms with van der Waals surface area (Å²) in [6.45, 7) is 2.33. The van der Waals surface area contributed by atoms with Gasteiger partial charge in [0.25, 0.3) is 11.7 Å². The zero-order valence-corrected chi connectivity index (χ0v) is 16.8. The van der Waals surface area contributed by atoms with Crippen LogP contribution in [0.3, 0.4) is 0 Å². The van der Waals surface area contributed by atoms with Crippen molar-refractivity contribution in [1.82, 2.24) is 4.90 Å². The van der Waals surface area contributed by atoms with Gasteiger partial charge in [-0.1, -0.05) is 42.5 Å². The first-order chi connectivity index (χ1) is 14.4. The summed E-state index contributed by atoms with van der Waals surface area (Å²) in [4.78, 5) is 28.9. The maximum atomic E-state index is 12.1. The van der Waals surface area contributed by atoms with Crippen LogP contribution in [0.1, 0.15) is 24.5 Å². The molecule has 1 aliphatic heterocycles. The van der Waals surface area contributed by atoms with Crippen molar-refractivity contribution in [3.05, 3.63) is 81.4 Å². The van der Waals surface area contributed by atoms with E-state index in [2.05, 4.69) is 4.99 Å². The molecule has 0 amide bonds. The van der Waals surface area contributed by atoms with Crippen LogP contribution in [0, 0.1) is 10.1 Å². The summed E-state index contributed by atoms with van der Waals surface area (Å²) in [5, 5.41) is 21.0. The van der Waals surface area contributed by atoms with Gasteiger partial charge in [0.15, 0.2) is 0 Å². The summed E-state index contributed by atoms with van der Waals surface area (Å²) < 4.78 is 5.45. The lowest BCUT2D eigenvalue weighted by atomic mass is 9.98. The van der Waals surface area contributed by atoms with E-state index in [0.29, 0.717) is 18.1 Å². The lowest BCUT2D eigenvalue weighted by Gasteiger charge is -2.35. The van der Waals surface area contributed by atoms with Crippen LogP contribution in [-0.4, -0.2) is 46.6 Å². The number of hydrogen-bond donors (Lipinski definition) is 1. The van der Waals surface area contributed by atoms with Crippen molar-refractivity contribution in [3.63, 3.8) is 0 Å². The van der Waals surface area contributed by atoms with Crippen LogP contribution in [0.5, 0.6) is 0 Å². The van der Waals surface area contributed by atoms with Crippen LogP contribution in [0.25, 0.3) is 5.70 Å². The number of aliphatic carboxylic acids is 1. The Kier molecular flexibility index (Phi) is 6.46. The number of carboxylic acid groups (broad SMARTS) is 1. The Morgan fingerprint density at radius 2 is 1.97 bits per heavy atom. The molecular formula is C22H23N3O5. The Bertz CT molecular complexity index is 1000. The number of ether oxygens (including phenoxy) is 1. The fourth-order valence-corrected chi connectivity index (χ4v) is 3.56. The van der Waals surface area contributed by atoms with Crippen LogP contribution in [0.15, 0.2) is 65.2 Å². The number of amidine groups is 1. The number of nitro benzene ring substituents is 1. The summed E-state index contributed by atoms with van der Waals surface area (Å²) in [6.07, 6.45) is 1.63. The number of aryl methyl sites for hydroxylation is 1. The highest BCUT2D eigenvalue weighted by molar-refractivity contribution is 6.02. The third-order valence-electron chi connectivity index (χ3n) is 5.04. The molecule has 8 heteroatoms. The number of nitrogens with zero attached hydrogens (tertiary/aromatic N) is 3. The fraction of sp³-hybridized carbons (Fsp3) is 0.273. The Balaban J connectivity index is 1.90. The van der Waals surface area contributed by atoms with E-state index >= 15 is 0 Å². The first-order valence-electron chi connectivity index (χ1n) is 9.58. The van der Waals surface area contributed by atoms with Crippen LogP contribution >= 0.6 is 0 Å². The van der Waals surface area contributed by atoms with Gasteiger partial charge in [0.1, 0.15) is 0 Å². The highest BCUT2D eigenvalue weighted by Crippen LogP contribution is 2.32. The molecule has 1 heterocycles. The number of benzene rings is 2. The fourth-order valence-electron chi connectivity index (χ4n) is 3.56. The number of methoxy groups -OCH3 is 1. The van der Waals surface area contributed by atoms with E-state index in [9.17, 15) is 20.0 Å². The van der Waals surface area contributed by atoms with Crippen molar-refractivity contribution in [2.75, 3.05) is 13.7 Å². The van der Waals surface area contributed by atoms with E-state index in [1.807, 2.05) is 35.2 Å². The molecule has 0 fully saturated rings. The summed E-state index contributed by atoms with van der Waals surface area (Å²) >= 11 is 0. The number of aliphatic imine (C=N–C) groups is 1. The third kappa shape index (κ3) is 4.48. The molecule has 3 rings (SSSR count). The van der Waals surface area contributed by atoms with Gasteiger partial charge in [-0.05, 0) is 25.3 Å². The SMILES string of the molecule is COC1=NC(c2cccc([N+](=O)[O-])c2)=C(C(=O)O)C(C)N1CCCc1ccccc1. The minimum atomic E-state index is -1.11. The Morgan fingerprint density at radius 3 is 2.60 bits per heavy atom. The largest absolute Gasteiger partial charge is 0.478 e. The zero-order valence-electron chi connectivity index (χ0n) is 16.8. The molecule has 0 saturated carbocycles. The molecule has 0 radical (unpaired) electrons. The molecular weight excluding hydrogens is 386 g/mol. The van der Waals surface area contributed by atoms with Gasteiger partial charge >= 0.3 is 5.97 Å². The minimum Gasteiger partial charge on any atom is -0.478 e. The Morgan fingerprint density at radius 1 is 1.23 bits per heavy atom. The molecule has 2 aromatic carbocycles. The number of carboxylic acids is 1. The molecule has 0 saturated heterocycles. The van der Waals surface area contributed by atoms with Crippen LogP contribution in [0.2, 0.25) is 0 Å². The first kappa shape index (κ1) is 21.0. The molecule has 0 spiro atoms. The second-order valence-corrected chi connectivity index (χ2v) is 6.93. The predicted octanol–water partition coefficient (Wildman–Crippen LogP) is 3.73. The smallest absolute Gasteiger partial charge is 0.335 e. The van der Waals surface area contributed by atoms with Crippen molar-refractivity contribution in [1.29, 1.82) is 0 Å². The molecule has 0 bridgehead atoms. The quantitative estimate of drug-likeness (QED) is 0.552. The maximum absolute atomic E-state index is 12.1. The molecule has 1 N–H and O–H groups in total. The van der Waals surface area contributed by atoms with Crippen molar-refractivity contribution in [2.24, 2.45) is 4.99 Å². The highest BCUT2D eigenvalue weighted by Gasteiger charge is 2.34. The lowest BCUT2D eigenvalue weighted by Crippen LogP contribution is -2.45. The minimum absolute atomic E-state index is 0.0796. The number of rotatable bonds is 7. The summed E-state index contributed by atoms with van der Waals surface area (Å²) in [5.74, 6) is -1.11. The second-order valence-electron chi connectivity index (χ2n) is 6.93. The van der Waals surface area contributed by atoms with Gasteiger partial charge in [0.2, 0.25) is 0 Å². The van der Waals surface area contributed by atoms with Crippen LogP contribution in [-0.2, 0) is 16.0 Å². The van der Waals surface area contributed by atoms with Gasteiger partial charge in [0.05, 0.1) is 29.3 Å². The van der Waals surface area contributed by atoms with Crippen molar-refractivity contribution in [3.8, 4) is 0 Å². The van der Waals surface area contributed by atoms with E-state index in [1.165, 1.54) is 30.9 Å². The molecule has 156 valence electrons. The molecule has 2 aromatic rings. The van der Waals surface area contributed by atoms with Gasteiger partial charge in [-0.3, -0.25) is 10.1 Å². The number of nitro groups is 1. The van der Waals surface area contributed by atoms with E-state index < -0.39 is 16.9 Å². The van der Waals surface area contributed by atoms with Crippen molar-refractivity contribution >= 4 is 23.4 Å². The lowest BCUT2D eigenvalue weighted by molar-refractivity contribution is -0.384. The van der Waals surface area contributed by atoms with Crippen LogP contribution in [0.4, 0.5) is 5.69 Å². The molecule has 1 unspecified atom stereocenters. The highest BCUT2D eigenvalue weighted by atomic mass is 16.6. The Labute approximate surface area is 174 Å². The number of carbonyl (C=O) groups is 1. The van der Waals surface area contributed by atoms with E-state index in [-0.39, 0.29) is 17.0 Å². The normalized spacial score (nSPS) is 16.3. The van der Waals surface area contributed by atoms with Gasteiger partial charge < -0.3 is 14.7 Å². The Hall–Kier alpha value is -3.68. The standard InChI is InChI=1S/C22H23N3O5/c1-15-19(21(26)27)20(17-11-6-12-18(14-17)25(28)29)23-22(30-2)24(15)13-7-10-16-8-4-3-5-9-16/h3-6,8-9,11-12,14-15H,7,10,13H2,1-2H3,(H,26,27). The van der Waals surface area contributed by atoms with Gasteiger partial charge in [0, 0.05) is 24.2 Å². The molecule has 1 atom stereocenters. The first-order valence-corrected chi connectivity index (χ1v) is 9.58. The van der Waals surface area contributed by atoms with E-state index in [4.69, 9.17) is 4.74 Å². The van der Waals surface area contributed by atoms with Crippen molar-refractivity contribution < 1.29 is 19.6 Å². The predicted molar refractivity (Wildman–Crippen MR) is 113 cm³/mol. The summed E-state index contributed by atoms with van der Waals surface area (Å²) in [5.41, 5.74) is 1.69.